The molecule has 2 heterocycles. The number of methoxy groups -OCH3 is 1. The second-order valence-corrected chi connectivity index (χ2v) is 6.17. The number of aliphatic hydroxyl groups is 1. The van der Waals surface area contributed by atoms with E-state index in [1.807, 2.05) is 36.6 Å². The van der Waals surface area contributed by atoms with E-state index in [2.05, 4.69) is 0 Å². The van der Waals surface area contributed by atoms with Gasteiger partial charge < -0.3 is 14.6 Å². The van der Waals surface area contributed by atoms with Gasteiger partial charge in [0.05, 0.1) is 13.2 Å². The maximum atomic E-state index is 10.5. The van der Waals surface area contributed by atoms with E-state index in [9.17, 15) is 5.11 Å². The van der Waals surface area contributed by atoms with Gasteiger partial charge in [-0.25, -0.2) is 0 Å². The predicted octanol–water partition coefficient (Wildman–Crippen LogP) is 3.36. The molecule has 0 saturated heterocycles. The van der Waals surface area contributed by atoms with E-state index < -0.39 is 6.10 Å². The van der Waals surface area contributed by atoms with E-state index in [1.54, 1.807) is 18.4 Å². The summed E-state index contributed by atoms with van der Waals surface area (Å²) in [5.41, 5.74) is 1.95. The summed E-state index contributed by atoms with van der Waals surface area (Å²) in [5.74, 6) is 1.61. The van der Waals surface area contributed by atoms with E-state index in [0.29, 0.717) is 6.42 Å². The molecule has 1 aliphatic heterocycles. The standard InChI is InChI=1S/C16H18O3S/c1-10-6-11-7-16(18-2)13(9-15(11)19-10)14(17)8-12-4-3-5-20-12/h3-5,7,9-10,14,17H,6,8H2,1-2H3. The van der Waals surface area contributed by atoms with E-state index in [-0.39, 0.29) is 6.10 Å². The first-order chi connectivity index (χ1) is 9.67. The molecule has 2 unspecified atom stereocenters. The van der Waals surface area contributed by atoms with Gasteiger partial charge in [0, 0.05) is 28.8 Å². The number of fused-ring (bicyclic) bond motifs is 1. The third kappa shape index (κ3) is 2.53. The summed E-state index contributed by atoms with van der Waals surface area (Å²) in [4.78, 5) is 1.16. The molecule has 2 aromatic rings. The van der Waals surface area contributed by atoms with Crippen LogP contribution < -0.4 is 9.47 Å². The zero-order valence-electron chi connectivity index (χ0n) is 11.6. The summed E-state index contributed by atoms with van der Waals surface area (Å²) >= 11 is 1.65. The first-order valence-corrected chi connectivity index (χ1v) is 7.63. The second-order valence-electron chi connectivity index (χ2n) is 5.13. The lowest BCUT2D eigenvalue weighted by atomic mass is 10.0. The summed E-state index contributed by atoms with van der Waals surface area (Å²) < 4.78 is 11.2. The SMILES string of the molecule is COc1cc2c(cc1C(O)Cc1cccs1)OC(C)C2. The largest absolute Gasteiger partial charge is 0.496 e. The van der Waals surface area contributed by atoms with Crippen LogP contribution in [0.5, 0.6) is 11.5 Å². The van der Waals surface area contributed by atoms with Crippen LogP contribution in [0, 0.1) is 0 Å². The minimum Gasteiger partial charge on any atom is -0.496 e. The molecule has 0 radical (unpaired) electrons. The lowest BCUT2D eigenvalue weighted by molar-refractivity contribution is 0.174. The predicted molar refractivity (Wildman–Crippen MR) is 79.8 cm³/mol. The fourth-order valence-corrected chi connectivity index (χ4v) is 3.36. The summed E-state index contributed by atoms with van der Waals surface area (Å²) in [6.07, 6.45) is 1.11. The molecule has 0 spiro atoms. The van der Waals surface area contributed by atoms with Crippen molar-refractivity contribution >= 4 is 11.3 Å². The number of rotatable bonds is 4. The molecule has 0 amide bonds. The minimum absolute atomic E-state index is 0.194. The third-order valence-electron chi connectivity index (χ3n) is 3.58. The number of thiophene rings is 1. The van der Waals surface area contributed by atoms with Crippen LogP contribution in [0.3, 0.4) is 0 Å². The lowest BCUT2D eigenvalue weighted by Gasteiger charge is -2.16. The van der Waals surface area contributed by atoms with Crippen molar-refractivity contribution in [1.82, 2.24) is 0 Å². The van der Waals surface area contributed by atoms with Gasteiger partial charge in [0.15, 0.2) is 0 Å². The Hall–Kier alpha value is -1.52. The number of aliphatic hydroxyl groups excluding tert-OH is 1. The van der Waals surface area contributed by atoms with Gasteiger partial charge in [-0.2, -0.15) is 0 Å². The Morgan fingerprint density at radius 2 is 2.35 bits per heavy atom. The van der Waals surface area contributed by atoms with Crippen LogP contribution in [0.4, 0.5) is 0 Å². The molecule has 0 aliphatic carbocycles. The van der Waals surface area contributed by atoms with Crippen molar-refractivity contribution in [2.24, 2.45) is 0 Å². The van der Waals surface area contributed by atoms with Crippen LogP contribution in [0.1, 0.15) is 29.0 Å². The molecular weight excluding hydrogens is 272 g/mol. The van der Waals surface area contributed by atoms with Crippen molar-refractivity contribution in [3.8, 4) is 11.5 Å². The van der Waals surface area contributed by atoms with E-state index in [0.717, 1.165) is 33.9 Å². The van der Waals surface area contributed by atoms with Crippen LogP contribution in [-0.2, 0) is 12.8 Å². The minimum atomic E-state index is -0.576. The van der Waals surface area contributed by atoms with Crippen LogP contribution in [0.2, 0.25) is 0 Å². The summed E-state index contributed by atoms with van der Waals surface area (Å²) in [6, 6.07) is 7.95. The summed E-state index contributed by atoms with van der Waals surface area (Å²) in [6.45, 7) is 2.05. The molecule has 0 bridgehead atoms. The van der Waals surface area contributed by atoms with Crippen LogP contribution in [0.15, 0.2) is 29.6 Å². The van der Waals surface area contributed by atoms with Crippen molar-refractivity contribution < 1.29 is 14.6 Å². The number of ether oxygens (including phenoxy) is 2. The average molecular weight is 290 g/mol. The Kier molecular flexibility index (Phi) is 3.68. The van der Waals surface area contributed by atoms with Crippen molar-refractivity contribution in [2.75, 3.05) is 7.11 Å². The number of benzene rings is 1. The van der Waals surface area contributed by atoms with Gasteiger partial charge in [-0.1, -0.05) is 6.07 Å². The van der Waals surface area contributed by atoms with Crippen molar-refractivity contribution in [3.63, 3.8) is 0 Å². The first kappa shape index (κ1) is 13.5. The highest BCUT2D eigenvalue weighted by atomic mass is 32.1. The van der Waals surface area contributed by atoms with Gasteiger partial charge in [-0.15, -0.1) is 11.3 Å². The van der Waals surface area contributed by atoms with Gasteiger partial charge in [-0.3, -0.25) is 0 Å². The van der Waals surface area contributed by atoms with Gasteiger partial charge in [-0.05, 0) is 30.5 Å². The molecule has 106 valence electrons. The van der Waals surface area contributed by atoms with Gasteiger partial charge in [0.25, 0.3) is 0 Å². The topological polar surface area (TPSA) is 38.7 Å². The highest BCUT2D eigenvalue weighted by Crippen LogP contribution is 2.38. The fraction of sp³-hybridized carbons (Fsp3) is 0.375. The smallest absolute Gasteiger partial charge is 0.125 e. The van der Waals surface area contributed by atoms with Crippen molar-refractivity contribution in [1.29, 1.82) is 0 Å². The Morgan fingerprint density at radius 1 is 1.50 bits per heavy atom. The number of hydrogen-bond acceptors (Lipinski definition) is 4. The maximum absolute atomic E-state index is 10.5. The van der Waals surface area contributed by atoms with Crippen molar-refractivity contribution in [3.05, 3.63) is 45.6 Å². The molecule has 1 N–H and O–H groups in total. The van der Waals surface area contributed by atoms with Crippen LogP contribution >= 0.6 is 11.3 Å². The molecule has 2 atom stereocenters. The molecule has 1 aromatic heterocycles. The quantitative estimate of drug-likeness (QED) is 0.938. The number of hydrogen-bond donors (Lipinski definition) is 1. The van der Waals surface area contributed by atoms with E-state index in [1.165, 1.54) is 0 Å². The normalized spacial score (nSPS) is 18.4. The molecular formula is C16H18O3S. The molecule has 20 heavy (non-hydrogen) atoms. The molecule has 1 aliphatic rings. The maximum Gasteiger partial charge on any atom is 0.125 e. The zero-order valence-corrected chi connectivity index (χ0v) is 12.4. The molecule has 0 saturated carbocycles. The van der Waals surface area contributed by atoms with E-state index in [4.69, 9.17) is 9.47 Å². The van der Waals surface area contributed by atoms with E-state index >= 15 is 0 Å². The highest BCUT2D eigenvalue weighted by Gasteiger charge is 2.24. The van der Waals surface area contributed by atoms with Crippen LogP contribution in [0.25, 0.3) is 0 Å². The Bertz CT molecular complexity index is 592. The molecule has 4 heteroatoms. The van der Waals surface area contributed by atoms with Gasteiger partial charge >= 0.3 is 0 Å². The molecule has 0 fully saturated rings. The summed E-state index contributed by atoms with van der Waals surface area (Å²) in [7, 11) is 1.64. The third-order valence-corrected chi connectivity index (χ3v) is 4.48. The van der Waals surface area contributed by atoms with Crippen LogP contribution in [-0.4, -0.2) is 18.3 Å². The Balaban J connectivity index is 1.90. The molecule has 3 nitrogen and oxygen atoms in total. The monoisotopic (exact) mass is 290 g/mol. The molecule has 1 aromatic carbocycles. The fourth-order valence-electron chi connectivity index (χ4n) is 2.62. The lowest BCUT2D eigenvalue weighted by Crippen LogP contribution is -2.05. The average Bonchev–Trinajstić information content (AvgIpc) is 3.04. The highest BCUT2D eigenvalue weighted by molar-refractivity contribution is 7.09. The van der Waals surface area contributed by atoms with Gasteiger partial charge in [0.1, 0.15) is 17.6 Å². The van der Waals surface area contributed by atoms with Crippen molar-refractivity contribution in [2.45, 2.75) is 32.0 Å². The Morgan fingerprint density at radius 3 is 3.05 bits per heavy atom. The first-order valence-electron chi connectivity index (χ1n) is 6.75. The molecule has 3 rings (SSSR count). The summed E-state index contributed by atoms with van der Waals surface area (Å²) in [5, 5.41) is 12.5. The second kappa shape index (κ2) is 5.46. The van der Waals surface area contributed by atoms with Gasteiger partial charge in [0.2, 0.25) is 0 Å². The Labute approximate surface area is 122 Å². The zero-order chi connectivity index (χ0) is 14.1.